The molecule has 0 bridgehead atoms. The van der Waals surface area contributed by atoms with Crippen molar-refractivity contribution in [3.63, 3.8) is 0 Å². The Morgan fingerprint density at radius 2 is 2.00 bits per heavy atom. The van der Waals surface area contributed by atoms with Crippen LogP contribution in [0, 0.1) is 25.1 Å². The van der Waals surface area contributed by atoms with Crippen LogP contribution >= 0.6 is 0 Å². The standard InChI is InChI=1S/C18H22FN3O/c1-3-4-5-6-7-8-9-10-22-17-12-15(18(20)23)16(19)11-14(17)13(2)21-22/h1,11-12H,4-10H2,2H3,(H2,20,23). The van der Waals surface area contributed by atoms with Gasteiger partial charge in [0, 0.05) is 18.4 Å². The average molecular weight is 315 g/mol. The number of halogens is 1. The molecule has 0 aliphatic rings. The van der Waals surface area contributed by atoms with Gasteiger partial charge in [-0.2, -0.15) is 5.10 Å². The molecule has 1 aromatic carbocycles. The van der Waals surface area contributed by atoms with Crippen LogP contribution in [0.25, 0.3) is 10.9 Å². The van der Waals surface area contributed by atoms with Crippen molar-refractivity contribution >= 4 is 16.8 Å². The number of aryl methyl sites for hydroxylation is 2. The van der Waals surface area contributed by atoms with Crippen molar-refractivity contribution in [1.29, 1.82) is 0 Å². The monoisotopic (exact) mass is 315 g/mol. The van der Waals surface area contributed by atoms with Gasteiger partial charge in [-0.05, 0) is 31.9 Å². The van der Waals surface area contributed by atoms with Crippen LogP contribution in [0.5, 0.6) is 0 Å². The first-order chi connectivity index (χ1) is 11.0. The Morgan fingerprint density at radius 3 is 2.70 bits per heavy atom. The Morgan fingerprint density at radius 1 is 1.30 bits per heavy atom. The van der Waals surface area contributed by atoms with Crippen LogP contribution < -0.4 is 5.73 Å². The Balaban J connectivity index is 2.05. The first-order valence-corrected chi connectivity index (χ1v) is 7.94. The lowest BCUT2D eigenvalue weighted by Crippen LogP contribution is -2.13. The van der Waals surface area contributed by atoms with Crippen LogP contribution in [0.3, 0.4) is 0 Å². The highest BCUT2D eigenvalue weighted by Crippen LogP contribution is 2.23. The van der Waals surface area contributed by atoms with E-state index < -0.39 is 11.7 Å². The molecule has 0 unspecified atom stereocenters. The Labute approximate surface area is 135 Å². The van der Waals surface area contributed by atoms with E-state index in [1.807, 2.05) is 11.6 Å². The molecule has 0 fully saturated rings. The third-order valence-corrected chi connectivity index (χ3v) is 3.98. The molecule has 122 valence electrons. The van der Waals surface area contributed by atoms with Crippen molar-refractivity contribution in [2.45, 2.75) is 52.0 Å². The summed E-state index contributed by atoms with van der Waals surface area (Å²) in [6.07, 6.45) is 11.5. The zero-order chi connectivity index (χ0) is 16.8. The summed E-state index contributed by atoms with van der Waals surface area (Å²) in [6.45, 7) is 2.57. The third-order valence-electron chi connectivity index (χ3n) is 3.98. The number of rotatable bonds is 8. The quantitative estimate of drug-likeness (QED) is 0.598. The molecule has 2 N–H and O–H groups in total. The minimum Gasteiger partial charge on any atom is -0.366 e. The van der Waals surface area contributed by atoms with Crippen molar-refractivity contribution in [2.75, 3.05) is 0 Å². The zero-order valence-corrected chi connectivity index (χ0v) is 13.4. The topological polar surface area (TPSA) is 60.9 Å². The van der Waals surface area contributed by atoms with E-state index in [0.29, 0.717) is 0 Å². The molecule has 23 heavy (non-hydrogen) atoms. The fourth-order valence-electron chi connectivity index (χ4n) is 2.73. The van der Waals surface area contributed by atoms with E-state index in [4.69, 9.17) is 12.2 Å². The highest BCUT2D eigenvalue weighted by molar-refractivity contribution is 5.97. The number of primary amides is 1. The predicted molar refractivity (Wildman–Crippen MR) is 89.5 cm³/mol. The number of fused-ring (bicyclic) bond motifs is 1. The molecule has 0 aliphatic carbocycles. The number of hydrogen-bond acceptors (Lipinski definition) is 2. The second kappa shape index (κ2) is 7.77. The maximum Gasteiger partial charge on any atom is 0.251 e. The molecule has 0 spiro atoms. The van der Waals surface area contributed by atoms with Gasteiger partial charge in [0.15, 0.2) is 0 Å². The molecule has 0 saturated heterocycles. The van der Waals surface area contributed by atoms with Crippen molar-refractivity contribution in [1.82, 2.24) is 9.78 Å². The molecule has 1 heterocycles. The van der Waals surface area contributed by atoms with Gasteiger partial charge in [0.1, 0.15) is 5.82 Å². The number of benzene rings is 1. The second-order valence-electron chi connectivity index (χ2n) is 5.74. The molecule has 1 amide bonds. The van der Waals surface area contributed by atoms with Crippen LogP contribution in [0.2, 0.25) is 0 Å². The van der Waals surface area contributed by atoms with Crippen LogP contribution in [0.4, 0.5) is 4.39 Å². The second-order valence-corrected chi connectivity index (χ2v) is 5.74. The van der Waals surface area contributed by atoms with Crippen molar-refractivity contribution < 1.29 is 9.18 Å². The van der Waals surface area contributed by atoms with Gasteiger partial charge in [0.2, 0.25) is 0 Å². The summed E-state index contributed by atoms with van der Waals surface area (Å²) in [4.78, 5) is 11.3. The Kier molecular flexibility index (Phi) is 5.75. The fraction of sp³-hybridized carbons (Fsp3) is 0.444. The highest BCUT2D eigenvalue weighted by Gasteiger charge is 2.15. The molecule has 0 saturated carbocycles. The fourth-order valence-corrected chi connectivity index (χ4v) is 2.73. The van der Waals surface area contributed by atoms with Gasteiger partial charge in [0.25, 0.3) is 5.91 Å². The summed E-state index contributed by atoms with van der Waals surface area (Å²) in [5, 5.41) is 5.17. The van der Waals surface area contributed by atoms with E-state index in [9.17, 15) is 9.18 Å². The molecule has 4 nitrogen and oxygen atoms in total. The van der Waals surface area contributed by atoms with E-state index in [2.05, 4.69) is 11.0 Å². The van der Waals surface area contributed by atoms with Gasteiger partial charge < -0.3 is 5.73 Å². The van der Waals surface area contributed by atoms with Gasteiger partial charge in [-0.1, -0.05) is 19.3 Å². The maximum absolute atomic E-state index is 13.9. The van der Waals surface area contributed by atoms with Gasteiger partial charge in [-0.3, -0.25) is 9.48 Å². The molecule has 5 heteroatoms. The molecule has 1 aromatic heterocycles. The normalized spacial score (nSPS) is 10.8. The highest BCUT2D eigenvalue weighted by atomic mass is 19.1. The number of nitrogens with two attached hydrogens (primary N) is 1. The molecule has 0 atom stereocenters. The Hall–Kier alpha value is -2.35. The minimum atomic E-state index is -0.761. The summed E-state index contributed by atoms with van der Waals surface area (Å²) < 4.78 is 15.7. The Bertz CT molecular complexity index is 743. The number of aromatic nitrogens is 2. The van der Waals surface area contributed by atoms with Crippen molar-refractivity contribution in [2.24, 2.45) is 5.73 Å². The number of terminal acetylenes is 1. The lowest BCUT2D eigenvalue weighted by atomic mass is 10.1. The van der Waals surface area contributed by atoms with Gasteiger partial charge in [0.05, 0.1) is 16.8 Å². The molecule has 0 aliphatic heterocycles. The first kappa shape index (κ1) is 17.0. The largest absolute Gasteiger partial charge is 0.366 e. The van der Waals surface area contributed by atoms with Crippen LogP contribution in [-0.4, -0.2) is 15.7 Å². The smallest absolute Gasteiger partial charge is 0.251 e. The molecule has 0 radical (unpaired) electrons. The number of unbranched alkanes of at least 4 members (excludes halogenated alkanes) is 5. The number of carbonyl (C=O) groups is 1. The summed E-state index contributed by atoms with van der Waals surface area (Å²) in [6, 6.07) is 2.84. The first-order valence-electron chi connectivity index (χ1n) is 7.94. The summed E-state index contributed by atoms with van der Waals surface area (Å²) >= 11 is 0. The molecule has 2 rings (SSSR count). The number of amides is 1. The van der Waals surface area contributed by atoms with Crippen molar-refractivity contribution in [3.8, 4) is 12.3 Å². The van der Waals surface area contributed by atoms with Crippen molar-refractivity contribution in [3.05, 3.63) is 29.2 Å². The molecular weight excluding hydrogens is 293 g/mol. The van der Waals surface area contributed by atoms with E-state index in [1.54, 1.807) is 0 Å². The number of nitrogens with zero attached hydrogens (tertiary/aromatic N) is 2. The van der Waals surface area contributed by atoms with Crippen LogP contribution in [0.1, 0.15) is 54.6 Å². The van der Waals surface area contributed by atoms with E-state index >= 15 is 0 Å². The van der Waals surface area contributed by atoms with E-state index in [1.165, 1.54) is 12.1 Å². The van der Waals surface area contributed by atoms with E-state index in [-0.39, 0.29) is 5.56 Å². The average Bonchev–Trinajstić information content (AvgIpc) is 2.81. The summed E-state index contributed by atoms with van der Waals surface area (Å²) in [7, 11) is 0. The molecular formula is C18H22FN3O. The number of hydrogen-bond donors (Lipinski definition) is 1. The summed E-state index contributed by atoms with van der Waals surface area (Å²) in [5.74, 6) is 1.29. The van der Waals surface area contributed by atoms with Crippen LogP contribution in [0.15, 0.2) is 12.1 Å². The lowest BCUT2D eigenvalue weighted by molar-refractivity contribution is 0.0996. The number of carbonyl (C=O) groups excluding carboxylic acids is 1. The molecule has 2 aromatic rings. The third kappa shape index (κ3) is 4.10. The van der Waals surface area contributed by atoms with Crippen LogP contribution in [-0.2, 0) is 6.54 Å². The van der Waals surface area contributed by atoms with Gasteiger partial charge >= 0.3 is 0 Å². The lowest BCUT2D eigenvalue weighted by Gasteiger charge is -2.05. The maximum atomic E-state index is 13.9. The van der Waals surface area contributed by atoms with Gasteiger partial charge in [-0.15, -0.1) is 12.3 Å². The minimum absolute atomic E-state index is 0.0899. The van der Waals surface area contributed by atoms with E-state index in [0.717, 1.165) is 61.7 Å². The SMILES string of the molecule is C#CCCCCCCCn1nc(C)c2cc(F)c(C(N)=O)cc21. The predicted octanol–water partition coefficient (Wildman–Crippen LogP) is 3.56. The van der Waals surface area contributed by atoms with Gasteiger partial charge in [-0.25, -0.2) is 4.39 Å². The summed E-state index contributed by atoms with van der Waals surface area (Å²) in [5.41, 5.74) is 6.64. The zero-order valence-electron chi connectivity index (χ0n) is 13.4.